The van der Waals surface area contributed by atoms with Crippen LogP contribution in [0.5, 0.6) is 0 Å². The summed E-state index contributed by atoms with van der Waals surface area (Å²) in [5.74, 6) is 2.21. The molecule has 7 rings (SSSR count). The predicted octanol–water partition coefficient (Wildman–Crippen LogP) is 7.30. The molecule has 0 bridgehead atoms. The van der Waals surface area contributed by atoms with E-state index in [-0.39, 0.29) is 20.1 Å². The van der Waals surface area contributed by atoms with E-state index in [1.54, 1.807) is 12.4 Å². The summed E-state index contributed by atoms with van der Waals surface area (Å²) >= 11 is 0. The molecule has 0 atom stereocenters. The van der Waals surface area contributed by atoms with Crippen molar-refractivity contribution in [2.45, 2.75) is 32.6 Å². The van der Waals surface area contributed by atoms with Crippen LogP contribution in [0.4, 0.5) is 28.7 Å². The van der Waals surface area contributed by atoms with Crippen molar-refractivity contribution in [2.24, 2.45) is 0 Å². The van der Waals surface area contributed by atoms with Crippen LogP contribution in [0.25, 0.3) is 0 Å². The summed E-state index contributed by atoms with van der Waals surface area (Å²) < 4.78 is 0. The van der Waals surface area contributed by atoms with Gasteiger partial charge in [-0.2, -0.15) is 97.8 Å². The van der Waals surface area contributed by atoms with Crippen molar-refractivity contribution >= 4 is 28.7 Å². The molecular formula is C37H38IrN8-6. The van der Waals surface area contributed by atoms with Gasteiger partial charge in [0.1, 0.15) is 11.6 Å². The Hall–Kier alpha value is -4.33. The van der Waals surface area contributed by atoms with E-state index in [1.165, 1.54) is 5.56 Å². The van der Waals surface area contributed by atoms with E-state index < -0.39 is 0 Å². The molecule has 3 aromatic carbocycles. The normalized spacial score (nSPS) is 15.0. The minimum Gasteiger partial charge on any atom is -0.508 e. The molecule has 9 heteroatoms. The summed E-state index contributed by atoms with van der Waals surface area (Å²) in [6, 6.07) is 32.0. The number of hydrogen-bond donors (Lipinski definition) is 0. The molecule has 46 heavy (non-hydrogen) atoms. The minimum atomic E-state index is 0. The summed E-state index contributed by atoms with van der Waals surface area (Å²) in [4.78, 5) is 21.4. The number of anilines is 5. The van der Waals surface area contributed by atoms with Gasteiger partial charge in [0.05, 0.1) is 0 Å². The molecule has 0 saturated carbocycles. The number of aromatic nitrogens is 2. The maximum absolute atomic E-state index is 4.41. The first kappa shape index (κ1) is 33.0. The van der Waals surface area contributed by atoms with E-state index >= 15 is 0 Å². The summed E-state index contributed by atoms with van der Waals surface area (Å²) in [5, 5.41) is 0. The molecule has 8 nitrogen and oxygen atoms in total. The van der Waals surface area contributed by atoms with Crippen LogP contribution in [-0.4, -0.2) is 39.9 Å². The molecule has 0 unspecified atom stereocenters. The van der Waals surface area contributed by atoms with E-state index in [0.717, 1.165) is 54.6 Å². The third kappa shape index (κ3) is 8.08. The Balaban J connectivity index is 0.000000186. The van der Waals surface area contributed by atoms with Crippen LogP contribution in [0, 0.1) is 38.2 Å². The smallest absolute Gasteiger partial charge is 0.143 e. The van der Waals surface area contributed by atoms with Crippen LogP contribution in [0.15, 0.2) is 104 Å². The molecule has 0 N–H and O–H groups in total. The number of benzene rings is 3. The zero-order valence-electron chi connectivity index (χ0n) is 26.4. The van der Waals surface area contributed by atoms with Crippen LogP contribution in [0.2, 0.25) is 0 Å². The van der Waals surface area contributed by atoms with Gasteiger partial charge in [-0.15, -0.1) is 29.8 Å². The minimum absolute atomic E-state index is 0. The molecule has 241 valence electrons. The molecule has 1 radical (unpaired) electrons. The molecular weight excluding hydrogens is 749 g/mol. The van der Waals surface area contributed by atoms with E-state index in [2.05, 4.69) is 124 Å². The van der Waals surface area contributed by atoms with Crippen molar-refractivity contribution in [1.29, 1.82) is 0 Å². The van der Waals surface area contributed by atoms with Crippen molar-refractivity contribution in [3.63, 3.8) is 0 Å². The van der Waals surface area contributed by atoms with Crippen molar-refractivity contribution in [1.82, 2.24) is 19.8 Å². The van der Waals surface area contributed by atoms with Crippen molar-refractivity contribution < 1.29 is 20.1 Å². The monoisotopic (exact) mass is 787 g/mol. The van der Waals surface area contributed by atoms with E-state index in [1.807, 2.05) is 66.0 Å². The number of hydrogen-bond acceptors (Lipinski definition) is 8. The Bertz CT molecular complexity index is 1510. The fraction of sp³-hybridized carbons (Fsp3) is 0.216. The second-order valence-electron chi connectivity index (χ2n) is 11.3. The molecule has 0 spiro atoms. The van der Waals surface area contributed by atoms with Gasteiger partial charge in [-0.3, -0.25) is 0 Å². The average molecular weight is 787 g/mol. The predicted molar refractivity (Wildman–Crippen MR) is 181 cm³/mol. The second kappa shape index (κ2) is 15.8. The first-order chi connectivity index (χ1) is 22.0. The standard InChI is InChI=1S/C22H22N4.C15H16N4.Ir/c1-3-9-21(10-4-1)25-17-15-23(19-25)13-7-8-14-24-16-18-26(20-24)22-11-5-2-6-12-22;1-11(2)12-5-4-6-13(9-12)19-10-18(3)14-15(19)17-8-7-16-14;/h1-6,9,11,15-20H,7-8,13-14H2;4-5,7-11H,1-3H3;/q-4;-2;. The Kier molecular flexibility index (Phi) is 11.3. The maximum Gasteiger partial charge on any atom is 0.143 e. The van der Waals surface area contributed by atoms with Crippen LogP contribution in [-0.2, 0) is 20.1 Å². The third-order valence-electron chi connectivity index (χ3n) is 7.66. The van der Waals surface area contributed by atoms with E-state index in [0.29, 0.717) is 5.92 Å². The molecule has 4 heterocycles. The van der Waals surface area contributed by atoms with Gasteiger partial charge in [0, 0.05) is 32.5 Å². The third-order valence-corrected chi connectivity index (χ3v) is 7.66. The first-order valence-corrected chi connectivity index (χ1v) is 15.3. The van der Waals surface area contributed by atoms with Crippen LogP contribution < -0.4 is 19.6 Å². The number of para-hydroxylation sites is 2. The SMILES string of the molecule is CC(C)c1cc[c-]c(N2[CH-]N(C)c3nccnc32)c1.[Ir].[c-]1ccccc1N1C=CN(CCCCN2C=CN(c3[c-]cccc3)[CH-]2)[CH-]1. The fourth-order valence-electron chi connectivity index (χ4n) is 5.19. The summed E-state index contributed by atoms with van der Waals surface area (Å²) in [7, 11) is 1.97. The van der Waals surface area contributed by atoms with Gasteiger partial charge in [0.2, 0.25) is 0 Å². The number of rotatable bonds is 9. The fourth-order valence-corrected chi connectivity index (χ4v) is 5.19. The van der Waals surface area contributed by atoms with Gasteiger partial charge in [-0.05, 0) is 63.7 Å². The zero-order valence-corrected chi connectivity index (χ0v) is 28.8. The van der Waals surface area contributed by atoms with Crippen LogP contribution in [0.1, 0.15) is 38.2 Å². The number of unbranched alkanes of at least 4 members (excludes halogenated alkanes) is 1. The van der Waals surface area contributed by atoms with Crippen LogP contribution in [0.3, 0.4) is 0 Å². The van der Waals surface area contributed by atoms with Gasteiger partial charge < -0.3 is 29.4 Å². The average Bonchev–Trinajstić information content (AvgIpc) is 3.84. The number of nitrogens with zero attached hydrogens (tertiary/aromatic N) is 8. The second-order valence-corrected chi connectivity index (χ2v) is 11.3. The Morgan fingerprint density at radius 3 is 1.78 bits per heavy atom. The first-order valence-electron chi connectivity index (χ1n) is 15.3. The maximum atomic E-state index is 4.41. The molecule has 3 aliphatic rings. The van der Waals surface area contributed by atoms with Gasteiger partial charge in [0.25, 0.3) is 0 Å². The largest absolute Gasteiger partial charge is 0.508 e. The van der Waals surface area contributed by atoms with Crippen molar-refractivity contribution in [3.05, 3.63) is 148 Å². The Labute approximate surface area is 287 Å². The van der Waals surface area contributed by atoms with Gasteiger partial charge >= 0.3 is 0 Å². The Morgan fingerprint density at radius 2 is 1.24 bits per heavy atom. The molecule has 3 aliphatic heterocycles. The molecule has 0 fully saturated rings. The molecule has 0 saturated heterocycles. The van der Waals surface area contributed by atoms with Gasteiger partial charge in [-0.25, -0.2) is 9.97 Å². The summed E-state index contributed by atoms with van der Waals surface area (Å²) in [5.41, 5.74) is 4.43. The molecule has 4 aromatic rings. The quantitative estimate of drug-likeness (QED) is 0.130. The van der Waals surface area contributed by atoms with E-state index in [9.17, 15) is 0 Å². The van der Waals surface area contributed by atoms with Gasteiger partial charge in [0.15, 0.2) is 0 Å². The molecule has 0 aliphatic carbocycles. The van der Waals surface area contributed by atoms with Gasteiger partial charge in [-0.1, -0.05) is 13.8 Å². The summed E-state index contributed by atoms with van der Waals surface area (Å²) in [6.45, 7) is 12.7. The summed E-state index contributed by atoms with van der Waals surface area (Å²) in [6.07, 6.45) is 14.1. The molecule has 0 amide bonds. The number of fused-ring (bicyclic) bond motifs is 1. The van der Waals surface area contributed by atoms with E-state index in [4.69, 9.17) is 0 Å². The zero-order chi connectivity index (χ0) is 31.0. The Morgan fingerprint density at radius 1 is 0.674 bits per heavy atom. The van der Waals surface area contributed by atoms with Crippen molar-refractivity contribution in [3.8, 4) is 0 Å². The topological polar surface area (TPSA) is 45.2 Å². The molecule has 1 aromatic heterocycles. The van der Waals surface area contributed by atoms with Crippen LogP contribution >= 0.6 is 0 Å². The van der Waals surface area contributed by atoms with Crippen molar-refractivity contribution in [2.75, 3.05) is 39.7 Å².